The number of nitrogens with zero attached hydrogens (tertiary/aromatic N) is 1. The van der Waals surface area contributed by atoms with Crippen LogP contribution in [0, 0.1) is 24.3 Å². The highest BCUT2D eigenvalue weighted by atomic mass is 127. The zero-order chi connectivity index (χ0) is 17.0. The molecular formula is C18H19IN2O2. The fourth-order valence-corrected chi connectivity index (χ4v) is 3.16. The Morgan fingerprint density at radius 1 is 1.17 bits per heavy atom. The van der Waals surface area contributed by atoms with Gasteiger partial charge in [-0.15, -0.1) is 0 Å². The molecular weight excluding hydrogens is 403 g/mol. The third kappa shape index (κ3) is 4.31. The molecule has 120 valence electrons. The number of amides is 1. The van der Waals surface area contributed by atoms with E-state index < -0.39 is 0 Å². The Hall–Kier alpha value is -1.89. The first-order valence-electron chi connectivity index (χ1n) is 7.17. The van der Waals surface area contributed by atoms with E-state index in [1.54, 1.807) is 31.5 Å². The summed E-state index contributed by atoms with van der Waals surface area (Å²) in [4.78, 5) is 12.1. The number of ether oxygens (including phenoxy) is 1. The first-order chi connectivity index (χ1) is 10.9. The van der Waals surface area contributed by atoms with Gasteiger partial charge in [-0.3, -0.25) is 4.79 Å². The van der Waals surface area contributed by atoms with Gasteiger partial charge >= 0.3 is 0 Å². The second kappa shape index (κ2) is 7.59. The third-order valence-electron chi connectivity index (χ3n) is 3.51. The van der Waals surface area contributed by atoms with Crippen molar-refractivity contribution in [3.63, 3.8) is 0 Å². The molecule has 4 nitrogen and oxygen atoms in total. The number of halogens is 1. The maximum atomic E-state index is 12.1. The molecule has 1 N–H and O–H groups in total. The van der Waals surface area contributed by atoms with E-state index >= 15 is 0 Å². The standard InChI is InChI=1S/C18H19IN2O2/c1-11-7-12(2)15(13(3)8-11)10-20-21-18(22)14-5-6-17(23-4)16(19)9-14/h5-10H,1-4H3,(H,21,22). The molecule has 0 atom stereocenters. The summed E-state index contributed by atoms with van der Waals surface area (Å²) in [5.74, 6) is 0.501. The second-order valence-electron chi connectivity index (χ2n) is 5.36. The van der Waals surface area contributed by atoms with Crippen LogP contribution in [-0.4, -0.2) is 19.2 Å². The van der Waals surface area contributed by atoms with Crippen molar-refractivity contribution in [2.24, 2.45) is 5.10 Å². The Morgan fingerprint density at radius 2 is 1.83 bits per heavy atom. The highest BCUT2D eigenvalue weighted by molar-refractivity contribution is 14.1. The molecule has 0 spiro atoms. The molecule has 0 unspecified atom stereocenters. The number of hydrogen-bond donors (Lipinski definition) is 1. The van der Waals surface area contributed by atoms with Gasteiger partial charge in [0.05, 0.1) is 16.9 Å². The van der Waals surface area contributed by atoms with Crippen molar-refractivity contribution in [3.05, 3.63) is 61.7 Å². The number of hydrogen-bond acceptors (Lipinski definition) is 3. The monoisotopic (exact) mass is 422 g/mol. The second-order valence-corrected chi connectivity index (χ2v) is 6.52. The highest BCUT2D eigenvalue weighted by Gasteiger charge is 2.08. The van der Waals surface area contributed by atoms with Crippen LogP contribution in [0.3, 0.4) is 0 Å². The summed E-state index contributed by atoms with van der Waals surface area (Å²) in [5, 5.41) is 4.08. The summed E-state index contributed by atoms with van der Waals surface area (Å²) >= 11 is 2.13. The lowest BCUT2D eigenvalue weighted by atomic mass is 10.0. The highest BCUT2D eigenvalue weighted by Crippen LogP contribution is 2.21. The van der Waals surface area contributed by atoms with Gasteiger partial charge in [-0.25, -0.2) is 5.43 Å². The predicted octanol–water partition coefficient (Wildman–Crippen LogP) is 3.99. The first kappa shape index (κ1) is 17.5. The first-order valence-corrected chi connectivity index (χ1v) is 8.25. The summed E-state index contributed by atoms with van der Waals surface area (Å²) in [5.41, 5.74) is 7.64. The van der Waals surface area contributed by atoms with Crippen molar-refractivity contribution in [2.75, 3.05) is 7.11 Å². The number of nitrogens with one attached hydrogen (secondary N) is 1. The van der Waals surface area contributed by atoms with Crippen LogP contribution in [0.1, 0.15) is 32.6 Å². The van der Waals surface area contributed by atoms with Crippen LogP contribution in [-0.2, 0) is 0 Å². The molecule has 0 aromatic heterocycles. The van der Waals surface area contributed by atoms with Gasteiger partial charge in [0, 0.05) is 11.1 Å². The quantitative estimate of drug-likeness (QED) is 0.460. The van der Waals surface area contributed by atoms with Gasteiger partial charge in [-0.2, -0.15) is 5.10 Å². The van der Waals surface area contributed by atoms with E-state index in [2.05, 4.69) is 52.2 Å². The molecule has 0 saturated heterocycles. The van der Waals surface area contributed by atoms with Crippen molar-refractivity contribution in [3.8, 4) is 5.75 Å². The molecule has 0 saturated carbocycles. The van der Waals surface area contributed by atoms with Crippen molar-refractivity contribution >= 4 is 34.7 Å². The van der Waals surface area contributed by atoms with Crippen LogP contribution in [0.25, 0.3) is 0 Å². The number of methoxy groups -OCH3 is 1. The Morgan fingerprint density at radius 3 is 2.39 bits per heavy atom. The summed E-state index contributed by atoms with van der Waals surface area (Å²) in [7, 11) is 1.60. The van der Waals surface area contributed by atoms with Crippen LogP contribution in [0.2, 0.25) is 0 Å². The molecule has 1 amide bonds. The van der Waals surface area contributed by atoms with E-state index in [9.17, 15) is 4.79 Å². The van der Waals surface area contributed by atoms with Crippen LogP contribution < -0.4 is 10.2 Å². The largest absolute Gasteiger partial charge is 0.496 e. The fraction of sp³-hybridized carbons (Fsp3) is 0.222. The van der Waals surface area contributed by atoms with E-state index in [1.165, 1.54) is 5.56 Å². The van der Waals surface area contributed by atoms with Gasteiger partial charge in [-0.1, -0.05) is 17.7 Å². The average Bonchev–Trinajstić information content (AvgIpc) is 2.49. The average molecular weight is 422 g/mol. The van der Waals surface area contributed by atoms with Crippen LogP contribution >= 0.6 is 22.6 Å². The summed E-state index contributed by atoms with van der Waals surface area (Å²) in [6.45, 7) is 6.14. The number of rotatable bonds is 4. The van der Waals surface area contributed by atoms with Crippen LogP contribution in [0.15, 0.2) is 35.4 Å². The molecule has 0 heterocycles. The molecule has 0 radical (unpaired) electrons. The number of carbonyl (C=O) groups is 1. The van der Waals surface area contributed by atoms with Gasteiger partial charge in [0.2, 0.25) is 0 Å². The smallest absolute Gasteiger partial charge is 0.271 e. The Balaban J connectivity index is 2.11. The van der Waals surface area contributed by atoms with Gasteiger partial charge in [0.1, 0.15) is 5.75 Å². The maximum Gasteiger partial charge on any atom is 0.271 e. The fourth-order valence-electron chi connectivity index (χ4n) is 2.42. The van der Waals surface area contributed by atoms with Crippen LogP contribution in [0.5, 0.6) is 5.75 Å². The molecule has 0 aliphatic heterocycles. The van der Waals surface area contributed by atoms with Crippen molar-refractivity contribution < 1.29 is 9.53 Å². The minimum Gasteiger partial charge on any atom is -0.496 e. The molecule has 23 heavy (non-hydrogen) atoms. The van der Waals surface area contributed by atoms with Crippen molar-refractivity contribution in [2.45, 2.75) is 20.8 Å². The van der Waals surface area contributed by atoms with Gasteiger partial charge < -0.3 is 4.74 Å². The predicted molar refractivity (Wildman–Crippen MR) is 101 cm³/mol. The Labute approximate surface area is 150 Å². The molecule has 5 heteroatoms. The molecule has 2 rings (SSSR count). The summed E-state index contributed by atoms with van der Waals surface area (Å²) in [6.07, 6.45) is 1.69. The number of carbonyl (C=O) groups excluding carboxylic acids is 1. The van der Waals surface area contributed by atoms with Crippen LogP contribution in [0.4, 0.5) is 0 Å². The molecule has 2 aromatic carbocycles. The van der Waals surface area contributed by atoms with E-state index in [0.717, 1.165) is 26.0 Å². The number of hydrazone groups is 1. The molecule has 2 aromatic rings. The van der Waals surface area contributed by atoms with E-state index in [4.69, 9.17) is 4.74 Å². The topological polar surface area (TPSA) is 50.7 Å². The Bertz CT molecular complexity index is 747. The lowest BCUT2D eigenvalue weighted by molar-refractivity contribution is 0.0955. The molecule has 0 bridgehead atoms. The number of aryl methyl sites for hydroxylation is 3. The minimum absolute atomic E-state index is 0.246. The van der Waals surface area contributed by atoms with Gasteiger partial charge in [0.25, 0.3) is 5.91 Å². The lowest BCUT2D eigenvalue weighted by Gasteiger charge is -2.07. The minimum atomic E-state index is -0.246. The zero-order valence-electron chi connectivity index (χ0n) is 13.6. The van der Waals surface area contributed by atoms with Gasteiger partial charge in [0.15, 0.2) is 0 Å². The maximum absolute atomic E-state index is 12.1. The molecule has 0 aliphatic carbocycles. The SMILES string of the molecule is COc1ccc(C(=O)NN=Cc2c(C)cc(C)cc2C)cc1I. The van der Waals surface area contributed by atoms with Crippen molar-refractivity contribution in [1.29, 1.82) is 0 Å². The normalized spacial score (nSPS) is 10.8. The molecule has 0 aliphatic rings. The summed E-state index contributed by atoms with van der Waals surface area (Å²) in [6, 6.07) is 9.46. The Kier molecular flexibility index (Phi) is 5.76. The third-order valence-corrected chi connectivity index (χ3v) is 4.35. The van der Waals surface area contributed by atoms with E-state index in [-0.39, 0.29) is 5.91 Å². The summed E-state index contributed by atoms with van der Waals surface area (Å²) < 4.78 is 6.07. The lowest BCUT2D eigenvalue weighted by Crippen LogP contribution is -2.18. The zero-order valence-corrected chi connectivity index (χ0v) is 15.8. The van der Waals surface area contributed by atoms with E-state index in [0.29, 0.717) is 5.56 Å². The van der Waals surface area contributed by atoms with Crippen molar-refractivity contribution in [1.82, 2.24) is 5.43 Å². The number of benzene rings is 2. The van der Waals surface area contributed by atoms with Gasteiger partial charge in [-0.05, 0) is 72.7 Å². The van der Waals surface area contributed by atoms with E-state index in [1.807, 2.05) is 13.8 Å². The molecule has 0 fully saturated rings.